The van der Waals surface area contributed by atoms with Crippen LogP contribution in [0.2, 0.25) is 0 Å². The number of hydrogen-bond acceptors (Lipinski definition) is 8. The number of hydrogen-bond donors (Lipinski definition) is 0. The van der Waals surface area contributed by atoms with Crippen LogP contribution in [0.25, 0.3) is 11.5 Å². The molecule has 8 nitrogen and oxygen atoms in total. The first kappa shape index (κ1) is 14.0. The third kappa shape index (κ3) is 3.05. The lowest BCUT2D eigenvalue weighted by molar-refractivity contribution is 0.116. The molecule has 0 saturated heterocycles. The van der Waals surface area contributed by atoms with Crippen LogP contribution in [0.5, 0.6) is 6.08 Å². The van der Waals surface area contributed by atoms with E-state index in [0.717, 1.165) is 0 Å². The zero-order chi connectivity index (χ0) is 15.5. The monoisotopic (exact) mass is 309 g/mol. The van der Waals surface area contributed by atoms with Crippen LogP contribution in [0.3, 0.4) is 0 Å². The van der Waals surface area contributed by atoms with E-state index in [9.17, 15) is 8.78 Å². The molecule has 0 unspecified atom stereocenters. The predicted molar refractivity (Wildman–Crippen MR) is 65.9 cm³/mol. The Bertz CT molecular complexity index is 756. The Morgan fingerprint density at radius 1 is 1.14 bits per heavy atom. The summed E-state index contributed by atoms with van der Waals surface area (Å²) in [5.74, 6) is -0.360. The fourth-order valence-electron chi connectivity index (χ4n) is 1.55. The fraction of sp³-hybridized carbons (Fsp3) is 0.250. The zero-order valence-electron chi connectivity index (χ0n) is 11.2. The smallest absolute Gasteiger partial charge is 0.415 e. The highest BCUT2D eigenvalue weighted by molar-refractivity contribution is 5.50. The highest BCUT2D eigenvalue weighted by Gasteiger charge is 2.17. The summed E-state index contributed by atoms with van der Waals surface area (Å²) >= 11 is 0. The quantitative estimate of drug-likeness (QED) is 0.708. The van der Waals surface area contributed by atoms with Crippen molar-refractivity contribution >= 4 is 0 Å². The molecule has 0 aliphatic rings. The van der Waals surface area contributed by atoms with Crippen molar-refractivity contribution < 1.29 is 22.4 Å². The SMILES string of the molecule is Cc1nnc(OCc2ccc(-c3nnc(C(F)F)o3)cn2)o1. The number of alkyl halides is 2. The molecule has 3 aromatic heterocycles. The van der Waals surface area contributed by atoms with E-state index >= 15 is 0 Å². The Morgan fingerprint density at radius 2 is 2.00 bits per heavy atom. The lowest BCUT2D eigenvalue weighted by Gasteiger charge is -2.01. The maximum absolute atomic E-state index is 12.4. The van der Waals surface area contributed by atoms with Crippen LogP contribution in [0.4, 0.5) is 8.78 Å². The molecule has 3 heterocycles. The molecular weight excluding hydrogens is 300 g/mol. The number of ether oxygens (including phenoxy) is 1. The van der Waals surface area contributed by atoms with Gasteiger partial charge in [-0.25, -0.2) is 0 Å². The molecule has 0 aromatic carbocycles. The topological polar surface area (TPSA) is 100.0 Å². The van der Waals surface area contributed by atoms with Gasteiger partial charge in [0.05, 0.1) is 11.3 Å². The van der Waals surface area contributed by atoms with Gasteiger partial charge in [-0.3, -0.25) is 4.98 Å². The number of pyridine rings is 1. The first-order valence-electron chi connectivity index (χ1n) is 6.11. The summed E-state index contributed by atoms with van der Waals surface area (Å²) in [4.78, 5) is 4.10. The van der Waals surface area contributed by atoms with Crippen molar-refractivity contribution in [1.82, 2.24) is 25.4 Å². The van der Waals surface area contributed by atoms with Crippen LogP contribution < -0.4 is 4.74 Å². The average molecular weight is 309 g/mol. The van der Waals surface area contributed by atoms with E-state index in [1.165, 1.54) is 6.20 Å². The van der Waals surface area contributed by atoms with Crippen LogP contribution in [-0.4, -0.2) is 25.4 Å². The lowest BCUT2D eigenvalue weighted by atomic mass is 10.2. The van der Waals surface area contributed by atoms with Crippen molar-refractivity contribution in [3.8, 4) is 17.5 Å². The van der Waals surface area contributed by atoms with E-state index in [1.807, 2.05) is 0 Å². The van der Waals surface area contributed by atoms with Crippen LogP contribution >= 0.6 is 0 Å². The van der Waals surface area contributed by atoms with E-state index in [4.69, 9.17) is 13.6 Å². The van der Waals surface area contributed by atoms with E-state index in [1.54, 1.807) is 19.1 Å². The van der Waals surface area contributed by atoms with Gasteiger partial charge in [-0.2, -0.15) is 8.78 Å². The number of rotatable bonds is 5. The third-order valence-electron chi connectivity index (χ3n) is 2.55. The molecule has 0 amide bonds. The Labute approximate surface area is 122 Å². The molecule has 0 fully saturated rings. The number of aryl methyl sites for hydroxylation is 1. The maximum Gasteiger partial charge on any atom is 0.415 e. The Balaban J connectivity index is 1.66. The molecule has 3 aromatic rings. The number of aromatic nitrogens is 5. The standard InChI is InChI=1S/C12H9F2N5O3/c1-6-16-19-12(21-6)20-5-8-3-2-7(4-15-8)10-17-18-11(22-10)9(13)14/h2-4,9H,5H2,1H3. The number of nitrogens with zero attached hydrogens (tertiary/aromatic N) is 5. The van der Waals surface area contributed by atoms with Crippen molar-refractivity contribution in [2.24, 2.45) is 0 Å². The molecule has 0 atom stereocenters. The number of halogens is 2. The van der Waals surface area contributed by atoms with Gasteiger partial charge in [0.15, 0.2) is 0 Å². The first-order valence-corrected chi connectivity index (χ1v) is 6.11. The van der Waals surface area contributed by atoms with Gasteiger partial charge in [0.1, 0.15) is 6.61 Å². The van der Waals surface area contributed by atoms with Crippen molar-refractivity contribution in [2.75, 3.05) is 0 Å². The second-order valence-corrected chi connectivity index (χ2v) is 4.16. The molecule has 10 heteroatoms. The average Bonchev–Trinajstić information content (AvgIpc) is 3.15. The summed E-state index contributed by atoms with van der Waals surface area (Å²) in [7, 11) is 0. The molecule has 22 heavy (non-hydrogen) atoms. The van der Waals surface area contributed by atoms with Crippen molar-refractivity contribution in [3.05, 3.63) is 35.8 Å². The first-order chi connectivity index (χ1) is 10.6. The summed E-state index contributed by atoms with van der Waals surface area (Å²) < 4.78 is 39.9. The van der Waals surface area contributed by atoms with Crippen LogP contribution in [0.1, 0.15) is 23.9 Å². The molecule has 0 aliphatic carbocycles. The molecular formula is C12H9F2N5O3. The predicted octanol–water partition coefficient (Wildman–Crippen LogP) is 2.34. The minimum Gasteiger partial charge on any atom is -0.443 e. The van der Waals surface area contributed by atoms with Crippen LogP contribution in [-0.2, 0) is 6.61 Å². The van der Waals surface area contributed by atoms with E-state index in [0.29, 0.717) is 17.1 Å². The molecule has 0 saturated carbocycles. The van der Waals surface area contributed by atoms with E-state index in [-0.39, 0.29) is 18.6 Å². The minimum absolute atomic E-state index is 0.0252. The third-order valence-corrected chi connectivity index (χ3v) is 2.55. The second kappa shape index (κ2) is 5.84. The van der Waals surface area contributed by atoms with Gasteiger partial charge in [0.25, 0.3) is 5.89 Å². The summed E-state index contributed by atoms with van der Waals surface area (Å²) in [5, 5.41) is 14.1. The van der Waals surface area contributed by atoms with Gasteiger partial charge in [-0.15, -0.1) is 15.3 Å². The van der Waals surface area contributed by atoms with Gasteiger partial charge in [-0.05, 0) is 12.1 Å². The molecule has 114 valence electrons. The second-order valence-electron chi connectivity index (χ2n) is 4.16. The van der Waals surface area contributed by atoms with Crippen molar-refractivity contribution in [3.63, 3.8) is 0 Å². The summed E-state index contributed by atoms with van der Waals surface area (Å²) in [5.41, 5.74) is 1.00. The molecule has 0 radical (unpaired) electrons. The molecule has 3 rings (SSSR count). The molecule has 0 spiro atoms. The molecule has 0 bridgehead atoms. The van der Waals surface area contributed by atoms with Gasteiger partial charge in [-0.1, -0.05) is 5.10 Å². The normalized spacial score (nSPS) is 11.1. The van der Waals surface area contributed by atoms with Crippen molar-refractivity contribution in [2.45, 2.75) is 20.0 Å². The van der Waals surface area contributed by atoms with Gasteiger partial charge in [0, 0.05) is 13.1 Å². The molecule has 0 aliphatic heterocycles. The summed E-state index contributed by atoms with van der Waals surface area (Å²) in [6, 6.07) is 3.23. The Hall–Kier alpha value is -2.91. The van der Waals surface area contributed by atoms with Crippen LogP contribution in [0.15, 0.2) is 27.2 Å². The minimum atomic E-state index is -2.81. The fourth-order valence-corrected chi connectivity index (χ4v) is 1.55. The largest absolute Gasteiger partial charge is 0.443 e. The summed E-state index contributed by atoms with van der Waals surface area (Å²) in [6.45, 7) is 1.76. The maximum atomic E-state index is 12.4. The zero-order valence-corrected chi connectivity index (χ0v) is 11.2. The van der Waals surface area contributed by atoms with E-state index < -0.39 is 12.3 Å². The van der Waals surface area contributed by atoms with E-state index in [2.05, 4.69) is 25.4 Å². The lowest BCUT2D eigenvalue weighted by Crippen LogP contribution is -1.98. The van der Waals surface area contributed by atoms with Gasteiger partial charge < -0.3 is 13.6 Å². The Morgan fingerprint density at radius 3 is 2.59 bits per heavy atom. The molecule has 0 N–H and O–H groups in total. The Kier molecular flexibility index (Phi) is 3.73. The van der Waals surface area contributed by atoms with Crippen LogP contribution in [0, 0.1) is 6.92 Å². The highest BCUT2D eigenvalue weighted by atomic mass is 19.3. The highest BCUT2D eigenvalue weighted by Crippen LogP contribution is 2.22. The van der Waals surface area contributed by atoms with Gasteiger partial charge in [0.2, 0.25) is 11.8 Å². The summed E-state index contributed by atoms with van der Waals surface area (Å²) in [6.07, 6.45) is -1.35. The van der Waals surface area contributed by atoms with Crippen molar-refractivity contribution in [1.29, 1.82) is 0 Å². The van der Waals surface area contributed by atoms with Gasteiger partial charge >= 0.3 is 12.5 Å².